The van der Waals surface area contributed by atoms with Crippen LogP contribution in [0.1, 0.15) is 27.0 Å². The lowest BCUT2D eigenvalue weighted by atomic mass is 9.99. The Hall–Kier alpha value is -2.35. The summed E-state index contributed by atoms with van der Waals surface area (Å²) in [7, 11) is 0. The second kappa shape index (κ2) is 4.39. The number of para-hydroxylation sites is 1. The van der Waals surface area contributed by atoms with Gasteiger partial charge in [0.05, 0.1) is 0 Å². The van der Waals surface area contributed by atoms with Crippen molar-refractivity contribution in [3.05, 3.63) is 70.9 Å². The molecule has 0 saturated carbocycles. The van der Waals surface area contributed by atoms with E-state index in [2.05, 4.69) is 11.1 Å². The number of benzene rings is 2. The fourth-order valence-electron chi connectivity index (χ4n) is 2.52. The molecule has 0 fully saturated rings. The van der Waals surface area contributed by atoms with Crippen molar-refractivity contribution in [1.82, 2.24) is 4.98 Å². The smallest absolute Gasteiger partial charge is 0.195 e. The molecule has 1 N–H and O–H groups in total. The van der Waals surface area contributed by atoms with Crippen LogP contribution in [0.5, 0.6) is 0 Å². The molecule has 0 spiro atoms. The van der Waals surface area contributed by atoms with Crippen molar-refractivity contribution in [2.75, 3.05) is 0 Å². The average molecular weight is 249 g/mol. The summed E-state index contributed by atoms with van der Waals surface area (Å²) in [4.78, 5) is 15.8. The SMILES string of the molecule is Cc1cc(C)cc(C(=O)c2c[nH]c3ccccc23)c1. The minimum Gasteiger partial charge on any atom is -0.360 e. The van der Waals surface area contributed by atoms with Gasteiger partial charge in [0.25, 0.3) is 0 Å². The van der Waals surface area contributed by atoms with Crippen LogP contribution in [0.3, 0.4) is 0 Å². The number of rotatable bonds is 2. The number of aromatic nitrogens is 1. The summed E-state index contributed by atoms with van der Waals surface area (Å²) in [6.45, 7) is 4.03. The van der Waals surface area contributed by atoms with Gasteiger partial charge < -0.3 is 4.98 Å². The maximum Gasteiger partial charge on any atom is 0.195 e. The molecule has 2 aromatic carbocycles. The standard InChI is InChI=1S/C17H15NO/c1-11-7-12(2)9-13(8-11)17(19)15-10-18-16-6-4-3-5-14(15)16/h3-10,18H,1-2H3. The van der Waals surface area contributed by atoms with Crippen LogP contribution in [0, 0.1) is 13.8 Å². The minimum atomic E-state index is 0.0734. The number of hydrogen-bond donors (Lipinski definition) is 1. The van der Waals surface area contributed by atoms with Gasteiger partial charge in [-0.1, -0.05) is 35.4 Å². The first-order chi connectivity index (χ1) is 9.15. The Kier molecular flexibility index (Phi) is 2.71. The van der Waals surface area contributed by atoms with Gasteiger partial charge in [-0.3, -0.25) is 4.79 Å². The number of carbonyl (C=O) groups excluding carboxylic acids is 1. The van der Waals surface area contributed by atoms with E-state index in [0.29, 0.717) is 0 Å². The van der Waals surface area contributed by atoms with Gasteiger partial charge >= 0.3 is 0 Å². The van der Waals surface area contributed by atoms with Crippen molar-refractivity contribution >= 4 is 16.7 Å². The number of aryl methyl sites for hydroxylation is 2. The molecule has 0 unspecified atom stereocenters. The van der Waals surface area contributed by atoms with Crippen LogP contribution < -0.4 is 0 Å². The predicted octanol–water partition coefficient (Wildman–Crippen LogP) is 4.02. The Morgan fingerprint density at radius 3 is 2.42 bits per heavy atom. The average Bonchev–Trinajstić information content (AvgIpc) is 2.80. The van der Waals surface area contributed by atoms with Gasteiger partial charge in [0.1, 0.15) is 0 Å². The van der Waals surface area contributed by atoms with E-state index in [1.54, 1.807) is 6.20 Å². The second-order valence-corrected chi connectivity index (χ2v) is 4.95. The molecule has 94 valence electrons. The van der Waals surface area contributed by atoms with Gasteiger partial charge in [0.15, 0.2) is 5.78 Å². The summed E-state index contributed by atoms with van der Waals surface area (Å²) in [6.07, 6.45) is 1.80. The fraction of sp³-hybridized carbons (Fsp3) is 0.118. The summed E-state index contributed by atoms with van der Waals surface area (Å²) >= 11 is 0. The number of ketones is 1. The van der Waals surface area contributed by atoms with Crippen LogP contribution in [0.4, 0.5) is 0 Å². The Bertz CT molecular complexity index is 748. The predicted molar refractivity (Wildman–Crippen MR) is 77.6 cm³/mol. The van der Waals surface area contributed by atoms with Gasteiger partial charge in [-0.05, 0) is 32.0 Å². The van der Waals surface area contributed by atoms with E-state index in [1.807, 2.05) is 50.2 Å². The number of H-pyrrole nitrogens is 1. The highest BCUT2D eigenvalue weighted by molar-refractivity contribution is 6.16. The highest BCUT2D eigenvalue weighted by Crippen LogP contribution is 2.21. The van der Waals surface area contributed by atoms with E-state index in [9.17, 15) is 4.79 Å². The molecular formula is C17H15NO. The quantitative estimate of drug-likeness (QED) is 0.684. The van der Waals surface area contributed by atoms with Gasteiger partial charge in [-0.15, -0.1) is 0 Å². The molecule has 1 heterocycles. The molecule has 0 atom stereocenters. The largest absolute Gasteiger partial charge is 0.360 e. The van der Waals surface area contributed by atoms with E-state index in [-0.39, 0.29) is 5.78 Å². The van der Waals surface area contributed by atoms with Crippen LogP contribution in [-0.4, -0.2) is 10.8 Å². The van der Waals surface area contributed by atoms with Crippen LogP contribution in [0.25, 0.3) is 10.9 Å². The molecule has 0 aliphatic carbocycles. The van der Waals surface area contributed by atoms with Crippen molar-refractivity contribution in [2.45, 2.75) is 13.8 Å². The molecule has 0 aliphatic heterocycles. The molecule has 19 heavy (non-hydrogen) atoms. The lowest BCUT2D eigenvalue weighted by Crippen LogP contribution is -2.01. The van der Waals surface area contributed by atoms with Gasteiger partial charge in [0.2, 0.25) is 0 Å². The second-order valence-electron chi connectivity index (χ2n) is 4.95. The number of hydrogen-bond acceptors (Lipinski definition) is 1. The molecule has 3 aromatic rings. The van der Waals surface area contributed by atoms with Crippen LogP contribution in [0.15, 0.2) is 48.7 Å². The van der Waals surface area contributed by atoms with Crippen molar-refractivity contribution in [1.29, 1.82) is 0 Å². The molecule has 0 amide bonds. The third-order valence-corrected chi connectivity index (χ3v) is 3.32. The van der Waals surface area contributed by atoms with Crippen LogP contribution in [0.2, 0.25) is 0 Å². The normalized spacial score (nSPS) is 10.8. The topological polar surface area (TPSA) is 32.9 Å². The van der Waals surface area contributed by atoms with Crippen molar-refractivity contribution in [3.8, 4) is 0 Å². The van der Waals surface area contributed by atoms with E-state index in [0.717, 1.165) is 33.2 Å². The fourth-order valence-corrected chi connectivity index (χ4v) is 2.52. The third kappa shape index (κ3) is 2.06. The monoisotopic (exact) mass is 249 g/mol. The highest BCUT2D eigenvalue weighted by Gasteiger charge is 2.14. The lowest BCUT2D eigenvalue weighted by molar-refractivity contribution is 0.104. The van der Waals surface area contributed by atoms with E-state index < -0.39 is 0 Å². The van der Waals surface area contributed by atoms with Gasteiger partial charge in [0, 0.05) is 28.2 Å². The first-order valence-electron chi connectivity index (χ1n) is 6.34. The molecule has 0 bridgehead atoms. The number of nitrogens with one attached hydrogen (secondary N) is 1. The molecule has 2 heteroatoms. The van der Waals surface area contributed by atoms with Crippen LogP contribution in [-0.2, 0) is 0 Å². The Labute approximate surface area is 112 Å². The van der Waals surface area contributed by atoms with Gasteiger partial charge in [-0.2, -0.15) is 0 Å². The zero-order valence-electron chi connectivity index (χ0n) is 11.0. The molecule has 0 aliphatic rings. The van der Waals surface area contributed by atoms with Crippen LogP contribution >= 0.6 is 0 Å². The Morgan fingerprint density at radius 1 is 1.00 bits per heavy atom. The van der Waals surface area contributed by atoms with E-state index in [4.69, 9.17) is 0 Å². The summed E-state index contributed by atoms with van der Waals surface area (Å²) in [6, 6.07) is 13.8. The zero-order valence-corrected chi connectivity index (χ0v) is 11.0. The molecule has 1 aromatic heterocycles. The summed E-state index contributed by atoms with van der Waals surface area (Å²) in [5.74, 6) is 0.0734. The zero-order chi connectivity index (χ0) is 13.4. The molecule has 0 radical (unpaired) electrons. The molecule has 3 rings (SSSR count). The number of fused-ring (bicyclic) bond motifs is 1. The third-order valence-electron chi connectivity index (χ3n) is 3.32. The van der Waals surface area contributed by atoms with Crippen molar-refractivity contribution in [2.24, 2.45) is 0 Å². The van der Waals surface area contributed by atoms with Crippen molar-refractivity contribution < 1.29 is 4.79 Å². The first-order valence-corrected chi connectivity index (χ1v) is 6.34. The maximum atomic E-state index is 12.6. The summed E-state index contributed by atoms with van der Waals surface area (Å²) < 4.78 is 0. The lowest BCUT2D eigenvalue weighted by Gasteiger charge is -2.03. The first kappa shape index (κ1) is 11.7. The maximum absolute atomic E-state index is 12.6. The van der Waals surface area contributed by atoms with E-state index in [1.165, 1.54) is 0 Å². The summed E-state index contributed by atoms with van der Waals surface area (Å²) in [5.41, 5.74) is 4.71. The number of carbonyl (C=O) groups is 1. The Balaban J connectivity index is 2.13. The molecular weight excluding hydrogens is 234 g/mol. The molecule has 0 saturated heterocycles. The number of aromatic amines is 1. The highest BCUT2D eigenvalue weighted by atomic mass is 16.1. The van der Waals surface area contributed by atoms with Crippen molar-refractivity contribution in [3.63, 3.8) is 0 Å². The Morgan fingerprint density at radius 2 is 1.68 bits per heavy atom. The van der Waals surface area contributed by atoms with E-state index >= 15 is 0 Å². The minimum absolute atomic E-state index is 0.0734. The molecule has 2 nitrogen and oxygen atoms in total. The summed E-state index contributed by atoms with van der Waals surface area (Å²) in [5, 5.41) is 0.978. The van der Waals surface area contributed by atoms with Gasteiger partial charge in [-0.25, -0.2) is 0 Å².